The highest BCUT2D eigenvalue weighted by Gasteiger charge is 2.16. The number of aliphatic hydroxyl groups excluding tert-OH is 1. The van der Waals surface area contributed by atoms with Gasteiger partial charge in [0.2, 0.25) is 0 Å². The highest BCUT2D eigenvalue weighted by atomic mass is 16.3. The number of benzene rings is 2. The Balaban J connectivity index is 1.75. The van der Waals surface area contributed by atoms with E-state index in [9.17, 15) is 9.90 Å². The second-order valence-corrected chi connectivity index (χ2v) is 5.62. The number of hydrogen-bond donors (Lipinski definition) is 2. The Kier molecular flexibility index (Phi) is 4.17. The van der Waals surface area contributed by atoms with Gasteiger partial charge in [0.1, 0.15) is 11.5 Å². The Hall–Kier alpha value is -2.59. The van der Waals surface area contributed by atoms with Crippen molar-refractivity contribution in [3.8, 4) is 0 Å². The van der Waals surface area contributed by atoms with E-state index in [1.165, 1.54) is 0 Å². The molecular formula is C19H19NO3. The van der Waals surface area contributed by atoms with E-state index >= 15 is 0 Å². The molecule has 0 aliphatic carbocycles. The van der Waals surface area contributed by atoms with Crippen molar-refractivity contribution in [1.82, 2.24) is 5.32 Å². The van der Waals surface area contributed by atoms with Gasteiger partial charge in [0.25, 0.3) is 5.91 Å². The molecule has 3 aromatic rings. The van der Waals surface area contributed by atoms with Gasteiger partial charge in [-0.3, -0.25) is 4.79 Å². The summed E-state index contributed by atoms with van der Waals surface area (Å²) >= 11 is 0. The molecule has 0 saturated carbocycles. The molecule has 1 atom stereocenters. The number of nitrogens with one attached hydrogen (secondary N) is 1. The average Bonchev–Trinajstić information content (AvgIpc) is 2.90. The highest BCUT2D eigenvalue weighted by Crippen LogP contribution is 2.24. The summed E-state index contributed by atoms with van der Waals surface area (Å²) in [6, 6.07) is 15.4. The zero-order valence-corrected chi connectivity index (χ0v) is 13.2. The van der Waals surface area contributed by atoms with Gasteiger partial charge in [-0.1, -0.05) is 42.5 Å². The van der Waals surface area contributed by atoms with Crippen LogP contribution in [0.25, 0.3) is 10.8 Å². The molecular weight excluding hydrogens is 290 g/mol. The van der Waals surface area contributed by atoms with Crippen LogP contribution in [0.2, 0.25) is 0 Å². The Morgan fingerprint density at radius 3 is 2.65 bits per heavy atom. The number of fused-ring (bicyclic) bond motifs is 1. The first kappa shape index (κ1) is 15.3. The molecule has 118 valence electrons. The van der Waals surface area contributed by atoms with Crippen molar-refractivity contribution >= 4 is 16.7 Å². The van der Waals surface area contributed by atoms with Gasteiger partial charge < -0.3 is 14.8 Å². The second-order valence-electron chi connectivity index (χ2n) is 5.62. The van der Waals surface area contributed by atoms with Crippen molar-refractivity contribution in [2.24, 2.45) is 0 Å². The summed E-state index contributed by atoms with van der Waals surface area (Å²) in [5, 5.41) is 15.3. The summed E-state index contributed by atoms with van der Waals surface area (Å²) in [5.41, 5.74) is 1.32. The maximum Gasteiger partial charge on any atom is 0.254 e. The third-order valence-electron chi connectivity index (χ3n) is 3.92. The molecule has 2 aromatic carbocycles. The van der Waals surface area contributed by atoms with E-state index in [1.54, 1.807) is 19.9 Å². The van der Waals surface area contributed by atoms with Crippen molar-refractivity contribution in [3.05, 3.63) is 71.2 Å². The van der Waals surface area contributed by atoms with Gasteiger partial charge in [0.15, 0.2) is 0 Å². The van der Waals surface area contributed by atoms with Gasteiger partial charge in [0.05, 0.1) is 11.7 Å². The number of carbonyl (C=O) groups excluding carboxylic acids is 1. The third-order valence-corrected chi connectivity index (χ3v) is 3.92. The molecule has 0 radical (unpaired) electrons. The normalized spacial score (nSPS) is 12.3. The molecule has 0 saturated heterocycles. The van der Waals surface area contributed by atoms with Crippen molar-refractivity contribution in [3.63, 3.8) is 0 Å². The predicted octanol–water partition coefficient (Wildman–Crippen LogP) is 3.51. The van der Waals surface area contributed by atoms with Crippen LogP contribution in [0, 0.1) is 13.8 Å². The van der Waals surface area contributed by atoms with E-state index in [-0.39, 0.29) is 12.5 Å². The molecule has 1 heterocycles. The largest absolute Gasteiger partial charge is 0.466 e. The molecule has 2 N–H and O–H groups in total. The van der Waals surface area contributed by atoms with Gasteiger partial charge in [-0.25, -0.2) is 0 Å². The summed E-state index contributed by atoms with van der Waals surface area (Å²) in [4.78, 5) is 12.2. The van der Waals surface area contributed by atoms with Crippen LogP contribution in [0.15, 0.2) is 52.9 Å². The lowest BCUT2D eigenvalue weighted by Crippen LogP contribution is -2.28. The maximum atomic E-state index is 12.2. The molecule has 0 aliphatic rings. The molecule has 1 aromatic heterocycles. The lowest BCUT2D eigenvalue weighted by Gasteiger charge is -2.14. The number of aryl methyl sites for hydroxylation is 2. The van der Waals surface area contributed by atoms with Gasteiger partial charge in [-0.2, -0.15) is 0 Å². The van der Waals surface area contributed by atoms with Crippen LogP contribution < -0.4 is 5.32 Å². The van der Waals surface area contributed by atoms with E-state index in [2.05, 4.69) is 5.32 Å². The van der Waals surface area contributed by atoms with Crippen LogP contribution in [0.1, 0.15) is 33.5 Å². The van der Waals surface area contributed by atoms with Crippen LogP contribution in [-0.4, -0.2) is 17.6 Å². The topological polar surface area (TPSA) is 62.5 Å². The summed E-state index contributed by atoms with van der Waals surface area (Å²) in [7, 11) is 0. The molecule has 0 unspecified atom stereocenters. The van der Waals surface area contributed by atoms with Crippen molar-refractivity contribution in [2.45, 2.75) is 20.0 Å². The summed E-state index contributed by atoms with van der Waals surface area (Å²) < 4.78 is 5.36. The van der Waals surface area contributed by atoms with E-state index < -0.39 is 6.10 Å². The first-order chi connectivity index (χ1) is 11.1. The Morgan fingerprint density at radius 2 is 1.91 bits per heavy atom. The van der Waals surface area contributed by atoms with Crippen LogP contribution >= 0.6 is 0 Å². The standard InChI is InChI=1S/C19H19NO3/c1-12-10-17(13(2)23-12)19(22)20-11-18(21)16-9-5-7-14-6-3-4-8-15(14)16/h3-10,18,21H,11H2,1-2H3,(H,20,22)/t18-/m1/s1. The van der Waals surface area contributed by atoms with Crippen molar-refractivity contribution < 1.29 is 14.3 Å². The lowest BCUT2D eigenvalue weighted by atomic mass is 10.0. The molecule has 1 amide bonds. The van der Waals surface area contributed by atoms with Crippen LogP contribution in [0.3, 0.4) is 0 Å². The quantitative estimate of drug-likeness (QED) is 0.775. The molecule has 0 aliphatic heterocycles. The molecule has 3 rings (SSSR count). The van der Waals surface area contributed by atoms with E-state index in [0.717, 1.165) is 16.3 Å². The molecule has 0 spiro atoms. The fraction of sp³-hybridized carbons (Fsp3) is 0.211. The van der Waals surface area contributed by atoms with Gasteiger partial charge >= 0.3 is 0 Å². The fourth-order valence-electron chi connectivity index (χ4n) is 2.79. The number of carbonyl (C=O) groups is 1. The predicted molar refractivity (Wildman–Crippen MR) is 89.4 cm³/mol. The van der Waals surface area contributed by atoms with E-state index in [0.29, 0.717) is 17.1 Å². The zero-order valence-electron chi connectivity index (χ0n) is 13.2. The van der Waals surface area contributed by atoms with Crippen LogP contribution in [0.5, 0.6) is 0 Å². The molecule has 0 fully saturated rings. The first-order valence-corrected chi connectivity index (χ1v) is 7.57. The maximum absolute atomic E-state index is 12.2. The highest BCUT2D eigenvalue weighted by molar-refractivity contribution is 5.95. The van der Waals surface area contributed by atoms with Crippen LogP contribution in [0.4, 0.5) is 0 Å². The van der Waals surface area contributed by atoms with E-state index in [4.69, 9.17) is 4.42 Å². The zero-order chi connectivity index (χ0) is 16.4. The van der Waals surface area contributed by atoms with Gasteiger partial charge in [-0.15, -0.1) is 0 Å². The Bertz CT molecular complexity index is 845. The minimum atomic E-state index is -0.765. The lowest BCUT2D eigenvalue weighted by molar-refractivity contribution is 0.0915. The fourth-order valence-corrected chi connectivity index (χ4v) is 2.79. The second kappa shape index (κ2) is 6.26. The number of hydrogen-bond acceptors (Lipinski definition) is 3. The molecule has 0 bridgehead atoms. The number of aliphatic hydroxyl groups is 1. The van der Waals surface area contributed by atoms with Crippen molar-refractivity contribution in [2.75, 3.05) is 6.54 Å². The number of amides is 1. The third kappa shape index (κ3) is 3.12. The smallest absolute Gasteiger partial charge is 0.254 e. The summed E-state index contributed by atoms with van der Waals surface area (Å²) in [5.74, 6) is 1.04. The van der Waals surface area contributed by atoms with Gasteiger partial charge in [-0.05, 0) is 36.2 Å². The summed E-state index contributed by atoms with van der Waals surface area (Å²) in [6.45, 7) is 3.70. The molecule has 4 heteroatoms. The minimum Gasteiger partial charge on any atom is -0.466 e. The average molecular weight is 309 g/mol. The Morgan fingerprint density at radius 1 is 1.17 bits per heavy atom. The van der Waals surface area contributed by atoms with Crippen LogP contribution in [-0.2, 0) is 0 Å². The van der Waals surface area contributed by atoms with E-state index in [1.807, 2.05) is 42.5 Å². The number of rotatable bonds is 4. The van der Waals surface area contributed by atoms with Gasteiger partial charge in [0, 0.05) is 6.54 Å². The number of furan rings is 1. The SMILES string of the molecule is Cc1cc(C(=O)NC[C@@H](O)c2cccc3ccccc23)c(C)o1. The molecule has 23 heavy (non-hydrogen) atoms. The monoisotopic (exact) mass is 309 g/mol. The van der Waals surface area contributed by atoms with Crippen molar-refractivity contribution in [1.29, 1.82) is 0 Å². The minimum absolute atomic E-state index is 0.149. The Labute approximate surface area is 134 Å². The molecule has 4 nitrogen and oxygen atoms in total. The first-order valence-electron chi connectivity index (χ1n) is 7.57. The summed E-state index contributed by atoms with van der Waals surface area (Å²) in [6.07, 6.45) is -0.765.